The summed E-state index contributed by atoms with van der Waals surface area (Å²) in [6.45, 7) is 6.68. The summed E-state index contributed by atoms with van der Waals surface area (Å²) in [7, 11) is 0. The van der Waals surface area contributed by atoms with Crippen LogP contribution in [0.1, 0.15) is 16.7 Å². The predicted molar refractivity (Wildman–Crippen MR) is 114 cm³/mol. The maximum atomic E-state index is 2.57. The van der Waals surface area contributed by atoms with Gasteiger partial charge in [-0.05, 0) is 55.9 Å². The first-order chi connectivity index (χ1) is 12.9. The van der Waals surface area contributed by atoms with E-state index < -0.39 is 0 Å². The van der Waals surface area contributed by atoms with Crippen LogP contribution in [0.3, 0.4) is 0 Å². The molecule has 1 fully saturated rings. The number of nitrogens with zero attached hydrogens (tertiary/aromatic N) is 2. The Balaban J connectivity index is 1.35. The molecule has 134 valence electrons. The number of hydrogen-bond donors (Lipinski definition) is 0. The van der Waals surface area contributed by atoms with E-state index in [2.05, 4.69) is 79.9 Å². The van der Waals surface area contributed by atoms with Crippen molar-refractivity contribution in [1.82, 2.24) is 9.80 Å². The van der Waals surface area contributed by atoms with E-state index in [1.165, 1.54) is 22.3 Å². The van der Waals surface area contributed by atoms with E-state index in [9.17, 15) is 0 Å². The lowest BCUT2D eigenvalue weighted by Crippen LogP contribution is -2.45. The standard InChI is InChI=1S/C22H24N2S2/c1-2-4-19(5-3-1)16-24-12-10-23(11-13-24)9-6-22(20-7-14-25-17-20)21-8-15-26-18-21/h1-8,14-15,17-18H,9-13,16H2. The maximum absolute atomic E-state index is 2.57. The summed E-state index contributed by atoms with van der Waals surface area (Å²) in [5.74, 6) is 0. The Morgan fingerprint density at radius 1 is 0.808 bits per heavy atom. The van der Waals surface area contributed by atoms with Gasteiger partial charge >= 0.3 is 0 Å². The van der Waals surface area contributed by atoms with Gasteiger partial charge in [0.05, 0.1) is 0 Å². The molecule has 0 atom stereocenters. The van der Waals surface area contributed by atoms with Crippen LogP contribution in [0.5, 0.6) is 0 Å². The van der Waals surface area contributed by atoms with Gasteiger partial charge < -0.3 is 0 Å². The lowest BCUT2D eigenvalue weighted by atomic mass is 10.0. The zero-order valence-electron chi connectivity index (χ0n) is 14.9. The van der Waals surface area contributed by atoms with Crippen molar-refractivity contribution >= 4 is 28.2 Å². The minimum Gasteiger partial charge on any atom is -0.297 e. The van der Waals surface area contributed by atoms with Gasteiger partial charge in [-0.1, -0.05) is 36.4 Å². The predicted octanol–water partition coefficient (Wildman–Crippen LogP) is 5.06. The molecular formula is C22H24N2S2. The molecule has 1 aromatic carbocycles. The summed E-state index contributed by atoms with van der Waals surface area (Å²) < 4.78 is 0. The average Bonchev–Trinajstić information content (AvgIpc) is 3.39. The van der Waals surface area contributed by atoms with Crippen molar-refractivity contribution in [3.8, 4) is 0 Å². The second-order valence-corrected chi connectivity index (χ2v) is 8.26. The molecule has 2 aromatic heterocycles. The van der Waals surface area contributed by atoms with Crippen molar-refractivity contribution in [1.29, 1.82) is 0 Å². The van der Waals surface area contributed by atoms with Gasteiger partial charge in [-0.25, -0.2) is 0 Å². The molecule has 0 spiro atoms. The SMILES string of the molecule is C(CN1CCN(Cc2ccccc2)CC1)=C(c1ccsc1)c1ccsc1. The molecule has 0 aliphatic carbocycles. The highest BCUT2D eigenvalue weighted by atomic mass is 32.1. The maximum Gasteiger partial charge on any atom is 0.0234 e. The minimum atomic E-state index is 1.03. The van der Waals surface area contributed by atoms with Crippen molar-refractivity contribution < 1.29 is 0 Å². The van der Waals surface area contributed by atoms with E-state index in [4.69, 9.17) is 0 Å². The van der Waals surface area contributed by atoms with Crippen LogP contribution in [0.4, 0.5) is 0 Å². The third kappa shape index (κ3) is 4.51. The lowest BCUT2D eigenvalue weighted by Gasteiger charge is -2.34. The number of piperazine rings is 1. The van der Waals surface area contributed by atoms with Crippen molar-refractivity contribution in [3.63, 3.8) is 0 Å². The van der Waals surface area contributed by atoms with Crippen LogP contribution in [-0.4, -0.2) is 42.5 Å². The monoisotopic (exact) mass is 380 g/mol. The topological polar surface area (TPSA) is 6.48 Å². The molecule has 0 saturated carbocycles. The van der Waals surface area contributed by atoms with Crippen LogP contribution in [0.25, 0.3) is 5.57 Å². The van der Waals surface area contributed by atoms with Gasteiger partial charge in [0.25, 0.3) is 0 Å². The second kappa shape index (κ2) is 8.78. The summed E-state index contributed by atoms with van der Waals surface area (Å²) in [5, 5.41) is 8.83. The first kappa shape index (κ1) is 17.7. The van der Waals surface area contributed by atoms with Crippen LogP contribution in [0.15, 0.2) is 70.1 Å². The van der Waals surface area contributed by atoms with Crippen LogP contribution in [0.2, 0.25) is 0 Å². The highest BCUT2D eigenvalue weighted by Crippen LogP contribution is 2.27. The summed E-state index contributed by atoms with van der Waals surface area (Å²) in [5.41, 5.74) is 5.48. The molecule has 1 aliphatic heterocycles. The molecule has 1 aliphatic rings. The Hall–Kier alpha value is -1.72. The van der Waals surface area contributed by atoms with E-state index in [-0.39, 0.29) is 0 Å². The van der Waals surface area contributed by atoms with Gasteiger partial charge in [-0.15, -0.1) is 0 Å². The number of hydrogen-bond acceptors (Lipinski definition) is 4. The molecule has 1 saturated heterocycles. The zero-order valence-corrected chi connectivity index (χ0v) is 16.5. The molecule has 0 N–H and O–H groups in total. The summed E-state index contributed by atoms with van der Waals surface area (Å²) in [6.07, 6.45) is 2.41. The van der Waals surface area contributed by atoms with Crippen molar-refractivity contribution in [2.24, 2.45) is 0 Å². The molecular weight excluding hydrogens is 356 g/mol. The fourth-order valence-electron chi connectivity index (χ4n) is 3.43. The van der Waals surface area contributed by atoms with Crippen molar-refractivity contribution in [2.45, 2.75) is 6.54 Å². The molecule has 4 heteroatoms. The molecule has 0 amide bonds. The second-order valence-electron chi connectivity index (χ2n) is 6.70. The van der Waals surface area contributed by atoms with Gasteiger partial charge in [0.2, 0.25) is 0 Å². The molecule has 4 rings (SSSR count). The highest BCUT2D eigenvalue weighted by Gasteiger charge is 2.16. The Bertz CT molecular complexity index is 763. The normalized spacial score (nSPS) is 15.8. The quantitative estimate of drug-likeness (QED) is 0.590. The van der Waals surface area contributed by atoms with Gasteiger partial charge in [0, 0.05) is 39.3 Å². The molecule has 3 heterocycles. The average molecular weight is 381 g/mol. The molecule has 2 nitrogen and oxygen atoms in total. The van der Waals surface area contributed by atoms with E-state index in [1.54, 1.807) is 22.7 Å². The zero-order chi connectivity index (χ0) is 17.6. The van der Waals surface area contributed by atoms with E-state index in [1.807, 2.05) is 0 Å². The summed E-state index contributed by atoms with van der Waals surface area (Å²) in [6, 6.07) is 15.3. The molecule has 26 heavy (non-hydrogen) atoms. The Kier molecular flexibility index (Phi) is 5.97. The van der Waals surface area contributed by atoms with Crippen LogP contribution in [0, 0.1) is 0 Å². The van der Waals surface area contributed by atoms with Gasteiger partial charge in [0.1, 0.15) is 0 Å². The molecule has 0 bridgehead atoms. The van der Waals surface area contributed by atoms with Crippen LogP contribution in [-0.2, 0) is 6.54 Å². The van der Waals surface area contributed by atoms with Crippen LogP contribution >= 0.6 is 22.7 Å². The first-order valence-corrected chi connectivity index (χ1v) is 11.0. The smallest absolute Gasteiger partial charge is 0.0234 e. The third-order valence-corrected chi connectivity index (χ3v) is 6.30. The fraction of sp³-hybridized carbons (Fsp3) is 0.273. The number of thiophene rings is 2. The fourth-order valence-corrected chi connectivity index (χ4v) is 4.74. The van der Waals surface area contributed by atoms with E-state index in [0.29, 0.717) is 0 Å². The highest BCUT2D eigenvalue weighted by molar-refractivity contribution is 7.08. The largest absolute Gasteiger partial charge is 0.297 e. The Morgan fingerprint density at radius 2 is 1.42 bits per heavy atom. The van der Waals surface area contributed by atoms with Gasteiger partial charge in [-0.3, -0.25) is 9.80 Å². The van der Waals surface area contributed by atoms with Crippen molar-refractivity contribution in [3.05, 3.63) is 86.8 Å². The van der Waals surface area contributed by atoms with Crippen LogP contribution < -0.4 is 0 Å². The summed E-state index contributed by atoms with van der Waals surface area (Å²) in [4.78, 5) is 5.13. The molecule has 3 aromatic rings. The summed E-state index contributed by atoms with van der Waals surface area (Å²) >= 11 is 3.54. The van der Waals surface area contributed by atoms with Gasteiger partial charge in [0.15, 0.2) is 0 Å². The van der Waals surface area contributed by atoms with Gasteiger partial charge in [-0.2, -0.15) is 22.7 Å². The Morgan fingerprint density at radius 3 is 2.00 bits per heavy atom. The van der Waals surface area contributed by atoms with E-state index in [0.717, 1.165) is 39.3 Å². The van der Waals surface area contributed by atoms with Crippen molar-refractivity contribution in [2.75, 3.05) is 32.7 Å². The molecule has 0 radical (unpaired) electrons. The third-order valence-electron chi connectivity index (χ3n) is 4.93. The Labute approximate surface area is 164 Å². The number of rotatable bonds is 6. The molecule has 0 unspecified atom stereocenters. The van der Waals surface area contributed by atoms with E-state index >= 15 is 0 Å². The lowest BCUT2D eigenvalue weighted by molar-refractivity contribution is 0.137. The number of benzene rings is 1. The minimum absolute atomic E-state index is 1.03. The first-order valence-electron chi connectivity index (χ1n) is 9.12.